The predicted molar refractivity (Wildman–Crippen MR) is 114 cm³/mol. The van der Waals surface area contributed by atoms with Gasteiger partial charge in [-0.15, -0.1) is 5.10 Å². The summed E-state index contributed by atoms with van der Waals surface area (Å²) in [5.41, 5.74) is 0.580. The first kappa shape index (κ1) is 21.1. The molecule has 1 aliphatic heterocycles. The third-order valence-electron chi connectivity index (χ3n) is 5.19. The van der Waals surface area contributed by atoms with Gasteiger partial charge >= 0.3 is 0 Å². The number of nitro groups is 1. The second-order valence-corrected chi connectivity index (χ2v) is 10.3. The zero-order valence-electron chi connectivity index (χ0n) is 17.5. The fourth-order valence-corrected chi connectivity index (χ4v) is 4.98. The van der Waals surface area contributed by atoms with Gasteiger partial charge in [-0.2, -0.15) is 13.8 Å². The summed E-state index contributed by atoms with van der Waals surface area (Å²) in [6.07, 6.45) is 1.71. The molecule has 2 aromatic heterocycles. The number of rotatable bonds is 4. The molecule has 0 aliphatic carbocycles. The van der Waals surface area contributed by atoms with E-state index in [9.17, 15) is 18.5 Å². The topological polar surface area (TPSA) is 127 Å². The Balaban J connectivity index is 1.54. The lowest BCUT2D eigenvalue weighted by Crippen LogP contribution is -2.49. The maximum absolute atomic E-state index is 12.9. The molecule has 3 aromatic rings. The molecular weight excluding hydrogens is 422 g/mol. The molecule has 3 heterocycles. The molecule has 0 amide bonds. The number of nitro benzene ring substituents is 1. The quantitative estimate of drug-likeness (QED) is 0.440. The van der Waals surface area contributed by atoms with Crippen LogP contribution in [0.4, 0.5) is 11.6 Å². The van der Waals surface area contributed by atoms with Gasteiger partial charge in [-0.25, -0.2) is 13.4 Å². The van der Waals surface area contributed by atoms with Crippen LogP contribution in [-0.2, 0) is 15.4 Å². The van der Waals surface area contributed by atoms with Gasteiger partial charge in [0.25, 0.3) is 11.5 Å². The number of nitrogens with zero attached hydrogens (tertiary/aromatic N) is 7. The number of sulfonamides is 1. The maximum Gasteiger partial charge on any atom is 0.270 e. The molecule has 12 heteroatoms. The van der Waals surface area contributed by atoms with Crippen molar-refractivity contribution in [3.05, 3.63) is 52.3 Å². The van der Waals surface area contributed by atoms with E-state index in [1.165, 1.54) is 22.5 Å². The maximum atomic E-state index is 12.9. The zero-order chi connectivity index (χ0) is 22.4. The summed E-state index contributed by atoms with van der Waals surface area (Å²) in [5, 5.41) is 15.6. The van der Waals surface area contributed by atoms with Crippen LogP contribution in [0, 0.1) is 10.1 Å². The number of piperazine rings is 1. The van der Waals surface area contributed by atoms with Crippen molar-refractivity contribution in [3.8, 4) is 0 Å². The van der Waals surface area contributed by atoms with Crippen LogP contribution < -0.4 is 4.90 Å². The van der Waals surface area contributed by atoms with Gasteiger partial charge in [0.1, 0.15) is 0 Å². The summed E-state index contributed by atoms with van der Waals surface area (Å²) in [7, 11) is -3.83. The minimum Gasteiger partial charge on any atom is -0.337 e. The van der Waals surface area contributed by atoms with Crippen molar-refractivity contribution in [1.82, 2.24) is 23.9 Å². The third kappa shape index (κ3) is 3.95. The van der Waals surface area contributed by atoms with Gasteiger partial charge < -0.3 is 4.90 Å². The van der Waals surface area contributed by atoms with E-state index in [0.717, 1.165) is 11.8 Å². The van der Waals surface area contributed by atoms with E-state index in [4.69, 9.17) is 0 Å². The molecule has 164 valence electrons. The molecule has 0 atom stereocenters. The summed E-state index contributed by atoms with van der Waals surface area (Å²) in [5.74, 6) is 0.991. The summed E-state index contributed by atoms with van der Waals surface area (Å²) in [6, 6.07) is 7.02. The highest BCUT2D eigenvalue weighted by atomic mass is 32.2. The number of non-ortho nitro benzene ring substituents is 1. The van der Waals surface area contributed by atoms with Gasteiger partial charge in [0, 0.05) is 49.9 Å². The Kier molecular flexibility index (Phi) is 5.13. The minimum atomic E-state index is -3.83. The highest BCUT2D eigenvalue weighted by Gasteiger charge is 2.31. The lowest BCUT2D eigenvalue weighted by Gasteiger charge is -2.33. The molecule has 0 spiro atoms. The molecule has 0 unspecified atom stereocenters. The van der Waals surface area contributed by atoms with Gasteiger partial charge in [0.05, 0.1) is 15.5 Å². The second kappa shape index (κ2) is 7.54. The molecule has 0 bridgehead atoms. The SMILES string of the molecule is CC(C)(C)c1ccnc2nc(N3CCN(S(=O)(=O)c4cccc([N+](=O)[O-])c4)CC3)nn12. The minimum absolute atomic E-state index is 0.0833. The number of aromatic nitrogens is 4. The number of hydrogen-bond acceptors (Lipinski definition) is 8. The van der Waals surface area contributed by atoms with E-state index in [1.807, 2.05) is 11.0 Å². The highest BCUT2D eigenvalue weighted by Crippen LogP contribution is 2.25. The second-order valence-electron chi connectivity index (χ2n) is 8.35. The van der Waals surface area contributed by atoms with E-state index in [1.54, 1.807) is 10.7 Å². The molecular formula is C19H23N7O4S. The van der Waals surface area contributed by atoms with Crippen LogP contribution in [0.3, 0.4) is 0 Å². The fraction of sp³-hybridized carbons (Fsp3) is 0.421. The van der Waals surface area contributed by atoms with Crippen LogP contribution in [-0.4, -0.2) is 63.4 Å². The highest BCUT2D eigenvalue weighted by molar-refractivity contribution is 7.89. The Bertz CT molecular complexity index is 1240. The van der Waals surface area contributed by atoms with Crippen LogP contribution in [0.5, 0.6) is 0 Å². The van der Waals surface area contributed by atoms with Crippen molar-refractivity contribution in [3.63, 3.8) is 0 Å². The summed E-state index contributed by atoms with van der Waals surface area (Å²) in [6.45, 7) is 7.49. The monoisotopic (exact) mass is 445 g/mol. The van der Waals surface area contributed by atoms with Crippen molar-refractivity contribution < 1.29 is 13.3 Å². The van der Waals surface area contributed by atoms with Crippen molar-refractivity contribution in [1.29, 1.82) is 0 Å². The van der Waals surface area contributed by atoms with Crippen LogP contribution in [0.1, 0.15) is 26.5 Å². The Morgan fingerprint density at radius 1 is 1.10 bits per heavy atom. The molecule has 31 heavy (non-hydrogen) atoms. The summed E-state index contributed by atoms with van der Waals surface area (Å²) in [4.78, 5) is 21.0. The van der Waals surface area contributed by atoms with Crippen molar-refractivity contribution in [2.45, 2.75) is 31.1 Å². The van der Waals surface area contributed by atoms with Crippen molar-refractivity contribution >= 4 is 27.4 Å². The van der Waals surface area contributed by atoms with Crippen molar-refractivity contribution in [2.24, 2.45) is 0 Å². The van der Waals surface area contributed by atoms with E-state index in [-0.39, 0.29) is 29.1 Å². The molecule has 0 saturated carbocycles. The molecule has 11 nitrogen and oxygen atoms in total. The molecule has 0 N–H and O–H groups in total. The van der Waals surface area contributed by atoms with Crippen LogP contribution >= 0.6 is 0 Å². The average molecular weight is 446 g/mol. The van der Waals surface area contributed by atoms with E-state index < -0.39 is 14.9 Å². The Morgan fingerprint density at radius 2 is 1.81 bits per heavy atom. The van der Waals surface area contributed by atoms with Gasteiger partial charge in [-0.3, -0.25) is 10.1 Å². The largest absolute Gasteiger partial charge is 0.337 e. The third-order valence-corrected chi connectivity index (χ3v) is 7.08. The Hall–Kier alpha value is -3.12. The first-order valence-electron chi connectivity index (χ1n) is 9.79. The molecule has 4 rings (SSSR count). The van der Waals surface area contributed by atoms with Gasteiger partial charge in [0.15, 0.2) is 0 Å². The molecule has 1 fully saturated rings. The van der Waals surface area contributed by atoms with Crippen LogP contribution in [0.25, 0.3) is 5.78 Å². The van der Waals surface area contributed by atoms with E-state index in [0.29, 0.717) is 24.8 Å². The zero-order valence-corrected chi connectivity index (χ0v) is 18.3. The van der Waals surface area contributed by atoms with Crippen LogP contribution in [0.15, 0.2) is 41.4 Å². The Morgan fingerprint density at radius 3 is 2.45 bits per heavy atom. The van der Waals surface area contributed by atoms with Gasteiger partial charge in [0.2, 0.25) is 16.0 Å². The molecule has 1 aliphatic rings. The van der Waals surface area contributed by atoms with E-state index in [2.05, 4.69) is 35.8 Å². The summed E-state index contributed by atoms with van der Waals surface area (Å²) >= 11 is 0. The fourth-order valence-electron chi connectivity index (χ4n) is 3.52. The first-order chi connectivity index (χ1) is 14.6. The van der Waals surface area contributed by atoms with Crippen molar-refractivity contribution in [2.75, 3.05) is 31.1 Å². The van der Waals surface area contributed by atoms with E-state index >= 15 is 0 Å². The van der Waals surface area contributed by atoms with Gasteiger partial charge in [-0.1, -0.05) is 26.8 Å². The standard InChI is InChI=1S/C19H23N7O4S/c1-19(2,3)16-7-8-20-17-21-18(22-25(16)17)23-9-11-24(12-10-23)31(29,30)15-6-4-5-14(13-15)26(27)28/h4-8,13H,9-12H2,1-3H3. The Labute approximate surface area is 179 Å². The molecule has 1 aromatic carbocycles. The average Bonchev–Trinajstić information content (AvgIpc) is 3.17. The first-order valence-corrected chi connectivity index (χ1v) is 11.2. The summed E-state index contributed by atoms with van der Waals surface area (Å²) < 4.78 is 28.9. The normalized spacial score (nSPS) is 16.0. The van der Waals surface area contributed by atoms with Crippen LogP contribution in [0.2, 0.25) is 0 Å². The van der Waals surface area contributed by atoms with Gasteiger partial charge in [-0.05, 0) is 12.1 Å². The number of anilines is 1. The molecule has 1 saturated heterocycles. The number of hydrogen-bond donors (Lipinski definition) is 0. The number of fused-ring (bicyclic) bond motifs is 1. The smallest absolute Gasteiger partial charge is 0.270 e. The number of benzene rings is 1. The predicted octanol–water partition coefficient (Wildman–Crippen LogP) is 1.84. The molecule has 0 radical (unpaired) electrons. The lowest BCUT2D eigenvalue weighted by atomic mass is 9.92. The lowest BCUT2D eigenvalue weighted by molar-refractivity contribution is -0.385.